The van der Waals surface area contributed by atoms with Gasteiger partial charge in [-0.2, -0.15) is 0 Å². The zero-order valence-corrected chi connectivity index (χ0v) is 19.9. The van der Waals surface area contributed by atoms with Gasteiger partial charge in [0.1, 0.15) is 5.60 Å². The summed E-state index contributed by atoms with van der Waals surface area (Å²) in [7, 11) is 1.32. The Kier molecular flexibility index (Phi) is 8.84. The first-order valence-corrected chi connectivity index (χ1v) is 10.9. The lowest BCUT2D eigenvalue weighted by Gasteiger charge is -2.28. The number of amides is 1. The molecule has 2 aromatic carbocycles. The van der Waals surface area contributed by atoms with Gasteiger partial charge >= 0.3 is 11.9 Å². The Morgan fingerprint density at radius 1 is 0.969 bits per heavy atom. The number of halogens is 1. The third-order valence-corrected chi connectivity index (χ3v) is 5.07. The number of hydrogen-bond acceptors (Lipinski definition) is 5. The van der Waals surface area contributed by atoms with Crippen LogP contribution in [0.2, 0.25) is 0 Å². The van der Waals surface area contributed by atoms with E-state index in [9.17, 15) is 14.4 Å². The van der Waals surface area contributed by atoms with Crippen molar-refractivity contribution in [3.05, 3.63) is 70.8 Å². The molecule has 7 heteroatoms. The van der Waals surface area contributed by atoms with Crippen molar-refractivity contribution in [2.45, 2.75) is 39.8 Å². The van der Waals surface area contributed by atoms with Gasteiger partial charge in [-0.1, -0.05) is 29.8 Å². The number of aryl methyl sites for hydroxylation is 1. The van der Waals surface area contributed by atoms with Crippen LogP contribution in [0.5, 0.6) is 0 Å². The topological polar surface area (TPSA) is 72.9 Å². The Morgan fingerprint density at radius 3 is 2.03 bits per heavy atom. The summed E-state index contributed by atoms with van der Waals surface area (Å²) in [5, 5.41) is 0. The minimum Gasteiger partial charge on any atom is -0.465 e. The molecule has 0 bridgehead atoms. The molecule has 1 amide bonds. The average molecular weight is 460 g/mol. The van der Waals surface area contributed by atoms with E-state index in [2.05, 4.69) is 0 Å². The highest BCUT2D eigenvalue weighted by Gasteiger charge is 2.29. The Morgan fingerprint density at radius 2 is 1.53 bits per heavy atom. The van der Waals surface area contributed by atoms with E-state index >= 15 is 0 Å². The van der Waals surface area contributed by atoms with E-state index in [0.717, 1.165) is 11.1 Å². The van der Waals surface area contributed by atoms with E-state index in [1.54, 1.807) is 62.1 Å². The van der Waals surface area contributed by atoms with Crippen LogP contribution in [0, 0.1) is 12.8 Å². The molecule has 6 nitrogen and oxygen atoms in total. The fourth-order valence-corrected chi connectivity index (χ4v) is 3.24. The lowest BCUT2D eigenvalue weighted by atomic mass is 10.1. The summed E-state index contributed by atoms with van der Waals surface area (Å²) in [6, 6.07) is 14.0. The fourth-order valence-electron chi connectivity index (χ4n) is 3.02. The van der Waals surface area contributed by atoms with Gasteiger partial charge in [-0.3, -0.25) is 9.59 Å². The molecule has 0 saturated heterocycles. The number of hydrogen-bond donors (Lipinski definition) is 0. The van der Waals surface area contributed by atoms with Crippen molar-refractivity contribution in [1.29, 1.82) is 0 Å². The molecule has 32 heavy (non-hydrogen) atoms. The summed E-state index contributed by atoms with van der Waals surface area (Å²) in [5.74, 6) is -1.76. The normalized spacial score (nSPS) is 12.1. The molecule has 0 aliphatic heterocycles. The summed E-state index contributed by atoms with van der Waals surface area (Å²) in [4.78, 5) is 39.2. The highest BCUT2D eigenvalue weighted by Crippen LogP contribution is 2.18. The monoisotopic (exact) mass is 459 g/mol. The van der Waals surface area contributed by atoms with Crippen LogP contribution in [0.15, 0.2) is 48.5 Å². The predicted molar refractivity (Wildman–Crippen MR) is 124 cm³/mol. The molecule has 0 fully saturated rings. The summed E-state index contributed by atoms with van der Waals surface area (Å²) >= 11 is 6.09. The van der Waals surface area contributed by atoms with Crippen LogP contribution in [0.1, 0.15) is 52.6 Å². The molecule has 0 aromatic heterocycles. The largest absolute Gasteiger partial charge is 0.465 e. The number of methoxy groups -OCH3 is 1. The number of alkyl halides is 1. The smallest absolute Gasteiger partial charge is 0.337 e. The van der Waals surface area contributed by atoms with Gasteiger partial charge in [-0.05, 0) is 57.5 Å². The van der Waals surface area contributed by atoms with Gasteiger partial charge in [0.2, 0.25) is 0 Å². The fraction of sp³-hybridized carbons (Fsp3) is 0.400. The van der Waals surface area contributed by atoms with Gasteiger partial charge in [-0.15, -0.1) is 11.6 Å². The van der Waals surface area contributed by atoms with Crippen molar-refractivity contribution in [1.82, 2.24) is 4.90 Å². The molecule has 2 aromatic rings. The Labute approximate surface area is 194 Å². The maximum atomic E-state index is 13.3. The predicted octanol–water partition coefficient (Wildman–Crippen LogP) is 4.62. The molecule has 0 aliphatic carbocycles. The van der Waals surface area contributed by atoms with E-state index < -0.39 is 23.5 Å². The highest BCUT2D eigenvalue weighted by molar-refractivity contribution is 6.19. The second-order valence-corrected chi connectivity index (χ2v) is 8.93. The van der Waals surface area contributed by atoms with Gasteiger partial charge in [-0.25, -0.2) is 4.79 Å². The van der Waals surface area contributed by atoms with Crippen LogP contribution < -0.4 is 0 Å². The molecule has 0 aliphatic rings. The summed E-state index contributed by atoms with van der Waals surface area (Å²) < 4.78 is 10.2. The van der Waals surface area contributed by atoms with E-state index in [1.165, 1.54) is 7.11 Å². The van der Waals surface area contributed by atoms with Gasteiger partial charge in [0.25, 0.3) is 5.91 Å². The zero-order valence-electron chi connectivity index (χ0n) is 19.2. The summed E-state index contributed by atoms with van der Waals surface area (Å²) in [6.45, 7) is 7.64. The molecule has 0 spiro atoms. The van der Waals surface area contributed by atoms with Gasteiger partial charge in [0, 0.05) is 24.5 Å². The lowest BCUT2D eigenvalue weighted by molar-refractivity contribution is -0.159. The summed E-state index contributed by atoms with van der Waals surface area (Å²) in [6.07, 6.45) is 0. The molecular weight excluding hydrogens is 430 g/mol. The van der Waals surface area contributed by atoms with Crippen molar-refractivity contribution in [2.24, 2.45) is 5.92 Å². The zero-order chi connectivity index (χ0) is 23.9. The van der Waals surface area contributed by atoms with E-state index in [4.69, 9.17) is 21.1 Å². The van der Waals surface area contributed by atoms with Crippen molar-refractivity contribution < 1.29 is 23.9 Å². The molecular formula is C25H30ClNO5. The van der Waals surface area contributed by atoms with Crippen LogP contribution in [0.4, 0.5) is 0 Å². The van der Waals surface area contributed by atoms with Gasteiger partial charge in [0.05, 0.1) is 18.6 Å². The second kappa shape index (κ2) is 11.1. The molecule has 0 saturated carbocycles. The van der Waals surface area contributed by atoms with E-state index in [-0.39, 0.29) is 24.9 Å². The third-order valence-electron chi connectivity index (χ3n) is 4.70. The van der Waals surface area contributed by atoms with E-state index in [0.29, 0.717) is 11.1 Å². The molecule has 172 valence electrons. The summed E-state index contributed by atoms with van der Waals surface area (Å²) in [5.41, 5.74) is 2.12. The minimum atomic E-state index is -0.681. The van der Waals surface area contributed by atoms with Crippen LogP contribution in [-0.4, -0.2) is 47.9 Å². The maximum Gasteiger partial charge on any atom is 0.337 e. The minimum absolute atomic E-state index is 0.0217. The number of benzene rings is 2. The quantitative estimate of drug-likeness (QED) is 0.425. The molecule has 1 atom stereocenters. The number of esters is 2. The Balaban J connectivity index is 2.29. The first-order valence-electron chi connectivity index (χ1n) is 10.4. The van der Waals surface area contributed by atoms with Crippen molar-refractivity contribution >= 4 is 29.4 Å². The molecule has 0 N–H and O–H groups in total. The standard InChI is InChI=1S/C25H30ClNO5/c1-17-6-10-19(11-7-17)22(28)27(16-21(14-26)24(30)32-25(2,3)4)15-18-8-12-20(13-9-18)23(29)31-5/h6-13,21H,14-16H2,1-5H3. The number of rotatable bonds is 8. The van der Waals surface area contributed by atoms with Crippen LogP contribution in [0.25, 0.3) is 0 Å². The number of carbonyl (C=O) groups is 3. The first-order chi connectivity index (χ1) is 15.0. The molecule has 0 heterocycles. The highest BCUT2D eigenvalue weighted by atomic mass is 35.5. The number of ether oxygens (including phenoxy) is 2. The molecule has 0 radical (unpaired) electrons. The lowest BCUT2D eigenvalue weighted by Crippen LogP contribution is -2.40. The van der Waals surface area contributed by atoms with Crippen molar-refractivity contribution in [3.8, 4) is 0 Å². The van der Waals surface area contributed by atoms with Crippen molar-refractivity contribution in [3.63, 3.8) is 0 Å². The molecule has 1 unspecified atom stereocenters. The second-order valence-electron chi connectivity index (χ2n) is 8.62. The van der Waals surface area contributed by atoms with Gasteiger partial charge < -0.3 is 14.4 Å². The van der Waals surface area contributed by atoms with Crippen LogP contribution in [0.3, 0.4) is 0 Å². The van der Waals surface area contributed by atoms with Crippen molar-refractivity contribution in [2.75, 3.05) is 19.5 Å². The van der Waals surface area contributed by atoms with Crippen LogP contribution >= 0.6 is 11.6 Å². The third kappa shape index (κ3) is 7.38. The first kappa shape index (κ1) is 25.4. The van der Waals surface area contributed by atoms with Gasteiger partial charge in [0.15, 0.2) is 0 Å². The Bertz CT molecular complexity index is 932. The molecule has 2 rings (SSSR count). The maximum absolute atomic E-state index is 13.3. The SMILES string of the molecule is COC(=O)c1ccc(CN(CC(CCl)C(=O)OC(C)(C)C)C(=O)c2ccc(C)cc2)cc1. The number of nitrogens with zero attached hydrogens (tertiary/aromatic N) is 1. The average Bonchev–Trinajstić information content (AvgIpc) is 2.75. The van der Waals surface area contributed by atoms with E-state index in [1.807, 2.05) is 19.1 Å². The Hall–Kier alpha value is -2.86. The van der Waals surface area contributed by atoms with Crippen LogP contribution in [-0.2, 0) is 20.8 Å². The number of carbonyl (C=O) groups excluding carboxylic acids is 3.